The molecule has 0 radical (unpaired) electrons. The summed E-state index contributed by atoms with van der Waals surface area (Å²) in [5.41, 5.74) is 4.26. The number of fused-ring (bicyclic) bond motifs is 1. The van der Waals surface area contributed by atoms with Crippen molar-refractivity contribution >= 4 is 28.3 Å². The average molecular weight is 300 g/mol. The van der Waals surface area contributed by atoms with Crippen molar-refractivity contribution in [2.24, 2.45) is 0 Å². The summed E-state index contributed by atoms with van der Waals surface area (Å²) in [5.74, 6) is 0.985. The number of hydrogen-bond donors (Lipinski definition) is 1. The normalized spacial score (nSPS) is 11.0. The van der Waals surface area contributed by atoms with Crippen molar-refractivity contribution in [1.82, 2.24) is 9.55 Å². The van der Waals surface area contributed by atoms with Crippen LogP contribution < -0.4 is 5.32 Å². The molecular weight excluding hydrogens is 282 g/mol. The van der Waals surface area contributed by atoms with E-state index in [4.69, 9.17) is 16.6 Å². The van der Waals surface area contributed by atoms with E-state index in [9.17, 15) is 0 Å². The summed E-state index contributed by atoms with van der Waals surface area (Å²) >= 11 is 6.10. The van der Waals surface area contributed by atoms with Gasteiger partial charge in [0.1, 0.15) is 5.82 Å². The summed E-state index contributed by atoms with van der Waals surface area (Å²) in [6.45, 7) is 3.11. The lowest BCUT2D eigenvalue weighted by atomic mass is 10.1. The SMILES string of the molecule is CCCn1c(-c2ccccc2NC)nc2cc(Cl)ccc21. The van der Waals surface area contributed by atoms with Gasteiger partial charge in [0.2, 0.25) is 0 Å². The number of benzene rings is 2. The van der Waals surface area contributed by atoms with E-state index in [2.05, 4.69) is 28.9 Å². The van der Waals surface area contributed by atoms with Gasteiger partial charge in [0.25, 0.3) is 0 Å². The Morgan fingerprint density at radius 2 is 2.00 bits per heavy atom. The maximum atomic E-state index is 6.10. The van der Waals surface area contributed by atoms with Crippen molar-refractivity contribution in [2.45, 2.75) is 19.9 Å². The van der Waals surface area contributed by atoms with E-state index in [1.54, 1.807) is 0 Å². The zero-order chi connectivity index (χ0) is 14.8. The fourth-order valence-corrected chi connectivity index (χ4v) is 2.82. The molecule has 21 heavy (non-hydrogen) atoms. The van der Waals surface area contributed by atoms with E-state index in [1.807, 2.05) is 37.4 Å². The molecule has 0 saturated carbocycles. The predicted molar refractivity (Wildman–Crippen MR) is 90.0 cm³/mol. The lowest BCUT2D eigenvalue weighted by molar-refractivity contribution is 0.704. The second-order valence-electron chi connectivity index (χ2n) is 5.02. The number of rotatable bonds is 4. The van der Waals surface area contributed by atoms with Crippen LogP contribution in [-0.4, -0.2) is 16.6 Å². The molecule has 0 saturated heterocycles. The monoisotopic (exact) mass is 299 g/mol. The number of halogens is 1. The van der Waals surface area contributed by atoms with Gasteiger partial charge in [-0.15, -0.1) is 0 Å². The van der Waals surface area contributed by atoms with Crippen molar-refractivity contribution in [1.29, 1.82) is 0 Å². The Balaban J connectivity index is 2.28. The Kier molecular flexibility index (Phi) is 3.84. The lowest BCUT2D eigenvalue weighted by Crippen LogP contribution is -2.01. The summed E-state index contributed by atoms with van der Waals surface area (Å²) in [4.78, 5) is 4.81. The molecule has 0 amide bonds. The molecule has 1 aromatic heterocycles. The van der Waals surface area contributed by atoms with Gasteiger partial charge in [-0.3, -0.25) is 0 Å². The molecule has 4 heteroatoms. The largest absolute Gasteiger partial charge is 0.388 e. The molecule has 108 valence electrons. The van der Waals surface area contributed by atoms with E-state index in [-0.39, 0.29) is 0 Å². The third-order valence-corrected chi connectivity index (χ3v) is 3.83. The van der Waals surface area contributed by atoms with E-state index in [0.29, 0.717) is 0 Å². The van der Waals surface area contributed by atoms with Gasteiger partial charge in [0, 0.05) is 29.9 Å². The molecule has 1 N–H and O–H groups in total. The summed E-state index contributed by atoms with van der Waals surface area (Å²) in [6, 6.07) is 14.1. The summed E-state index contributed by atoms with van der Waals surface area (Å²) in [5, 5.41) is 3.96. The van der Waals surface area contributed by atoms with Crippen LogP contribution in [0.2, 0.25) is 5.02 Å². The van der Waals surface area contributed by atoms with Gasteiger partial charge < -0.3 is 9.88 Å². The molecule has 3 rings (SSSR count). The fraction of sp³-hybridized carbons (Fsp3) is 0.235. The Hall–Kier alpha value is -2.00. The van der Waals surface area contributed by atoms with Gasteiger partial charge in [-0.2, -0.15) is 0 Å². The number of nitrogens with one attached hydrogen (secondary N) is 1. The van der Waals surface area contributed by atoms with Gasteiger partial charge in [-0.25, -0.2) is 4.98 Å². The molecule has 0 fully saturated rings. The van der Waals surface area contributed by atoms with Crippen LogP contribution >= 0.6 is 11.6 Å². The number of nitrogens with zero attached hydrogens (tertiary/aromatic N) is 2. The number of hydrogen-bond acceptors (Lipinski definition) is 2. The minimum Gasteiger partial charge on any atom is -0.388 e. The maximum Gasteiger partial charge on any atom is 0.143 e. The van der Waals surface area contributed by atoms with Gasteiger partial charge >= 0.3 is 0 Å². The Bertz CT molecular complexity index is 777. The molecule has 3 aromatic rings. The lowest BCUT2D eigenvalue weighted by Gasteiger charge is -2.11. The quantitative estimate of drug-likeness (QED) is 0.749. The van der Waals surface area contributed by atoms with Crippen LogP contribution in [0.3, 0.4) is 0 Å². The maximum absolute atomic E-state index is 6.10. The molecular formula is C17H18ClN3. The van der Waals surface area contributed by atoms with Crippen molar-refractivity contribution in [2.75, 3.05) is 12.4 Å². The first-order chi connectivity index (χ1) is 10.2. The Morgan fingerprint density at radius 1 is 1.19 bits per heavy atom. The standard InChI is InChI=1S/C17H18ClN3/c1-3-10-21-16-9-8-12(18)11-15(16)20-17(21)13-6-4-5-7-14(13)19-2/h4-9,11,19H,3,10H2,1-2H3. The van der Waals surface area contributed by atoms with Crippen molar-refractivity contribution in [3.63, 3.8) is 0 Å². The fourth-order valence-electron chi connectivity index (χ4n) is 2.65. The molecule has 0 aliphatic rings. The number of imidazole rings is 1. The molecule has 0 aliphatic carbocycles. The van der Waals surface area contributed by atoms with Crippen molar-refractivity contribution in [3.8, 4) is 11.4 Å². The molecule has 3 nitrogen and oxygen atoms in total. The Labute approximate surface area is 129 Å². The number of aromatic nitrogens is 2. The molecule has 0 bridgehead atoms. The highest BCUT2D eigenvalue weighted by atomic mass is 35.5. The minimum absolute atomic E-state index is 0.720. The van der Waals surface area contributed by atoms with Crippen LogP contribution in [0.1, 0.15) is 13.3 Å². The smallest absolute Gasteiger partial charge is 0.143 e. The van der Waals surface area contributed by atoms with Gasteiger partial charge in [-0.05, 0) is 36.8 Å². The first-order valence-corrected chi connectivity index (χ1v) is 7.55. The van der Waals surface area contributed by atoms with E-state index in [1.165, 1.54) is 0 Å². The summed E-state index contributed by atoms with van der Waals surface area (Å²) in [6.07, 6.45) is 1.06. The van der Waals surface area contributed by atoms with Crippen molar-refractivity contribution < 1.29 is 0 Å². The topological polar surface area (TPSA) is 29.9 Å². The van der Waals surface area contributed by atoms with Crippen LogP contribution in [0, 0.1) is 0 Å². The highest BCUT2D eigenvalue weighted by Crippen LogP contribution is 2.31. The van der Waals surface area contributed by atoms with E-state index in [0.717, 1.165) is 46.1 Å². The average Bonchev–Trinajstić information content (AvgIpc) is 2.85. The van der Waals surface area contributed by atoms with Gasteiger partial charge in [0.05, 0.1) is 11.0 Å². The first kappa shape index (κ1) is 14.0. The molecule has 2 aromatic carbocycles. The van der Waals surface area contributed by atoms with Crippen LogP contribution in [-0.2, 0) is 6.54 Å². The van der Waals surface area contributed by atoms with Crippen LogP contribution in [0.5, 0.6) is 0 Å². The Morgan fingerprint density at radius 3 is 2.76 bits per heavy atom. The number of aryl methyl sites for hydroxylation is 1. The third kappa shape index (κ3) is 2.49. The second kappa shape index (κ2) is 5.78. The summed E-state index contributed by atoms with van der Waals surface area (Å²) in [7, 11) is 1.93. The van der Waals surface area contributed by atoms with Crippen molar-refractivity contribution in [3.05, 3.63) is 47.5 Å². The summed E-state index contributed by atoms with van der Waals surface area (Å²) < 4.78 is 2.27. The zero-order valence-electron chi connectivity index (χ0n) is 12.2. The van der Waals surface area contributed by atoms with E-state index < -0.39 is 0 Å². The second-order valence-corrected chi connectivity index (χ2v) is 5.45. The van der Waals surface area contributed by atoms with Crippen LogP contribution in [0.15, 0.2) is 42.5 Å². The molecule has 0 unspecified atom stereocenters. The first-order valence-electron chi connectivity index (χ1n) is 7.17. The van der Waals surface area contributed by atoms with Crippen LogP contribution in [0.25, 0.3) is 22.4 Å². The molecule has 0 spiro atoms. The number of anilines is 1. The molecule has 1 heterocycles. The van der Waals surface area contributed by atoms with Gasteiger partial charge in [0.15, 0.2) is 0 Å². The zero-order valence-corrected chi connectivity index (χ0v) is 13.0. The van der Waals surface area contributed by atoms with E-state index >= 15 is 0 Å². The molecule has 0 atom stereocenters. The number of para-hydroxylation sites is 1. The third-order valence-electron chi connectivity index (χ3n) is 3.59. The highest BCUT2D eigenvalue weighted by Gasteiger charge is 2.14. The predicted octanol–water partition coefficient (Wildman–Crippen LogP) is 4.81. The minimum atomic E-state index is 0.720. The van der Waals surface area contributed by atoms with Gasteiger partial charge in [-0.1, -0.05) is 30.7 Å². The highest BCUT2D eigenvalue weighted by molar-refractivity contribution is 6.31. The van der Waals surface area contributed by atoms with Crippen LogP contribution in [0.4, 0.5) is 5.69 Å². The molecule has 0 aliphatic heterocycles.